The summed E-state index contributed by atoms with van der Waals surface area (Å²) in [5.74, 6) is 1.82. The SMILES string of the molecule is CCn1c(C2CC2)nn(CN(C)CCCOC)c1=S. The highest BCUT2D eigenvalue weighted by Crippen LogP contribution is 2.39. The molecule has 1 aromatic heterocycles. The fourth-order valence-electron chi connectivity index (χ4n) is 2.27. The maximum Gasteiger partial charge on any atom is 0.199 e. The van der Waals surface area contributed by atoms with Gasteiger partial charge in [-0.05, 0) is 45.5 Å². The third kappa shape index (κ3) is 3.64. The van der Waals surface area contributed by atoms with Crippen molar-refractivity contribution < 1.29 is 4.74 Å². The molecule has 0 N–H and O–H groups in total. The topological polar surface area (TPSA) is 35.2 Å². The summed E-state index contributed by atoms with van der Waals surface area (Å²) in [5, 5.41) is 4.71. The Labute approximate surface area is 120 Å². The van der Waals surface area contributed by atoms with Crippen molar-refractivity contribution in [1.82, 2.24) is 19.2 Å². The van der Waals surface area contributed by atoms with E-state index in [4.69, 9.17) is 22.1 Å². The quantitative estimate of drug-likeness (QED) is 0.542. The highest BCUT2D eigenvalue weighted by atomic mass is 32.1. The first-order valence-corrected chi connectivity index (χ1v) is 7.43. The molecule has 1 saturated carbocycles. The Morgan fingerprint density at radius 3 is 2.79 bits per heavy atom. The molecule has 1 aliphatic carbocycles. The van der Waals surface area contributed by atoms with Gasteiger partial charge in [0.1, 0.15) is 5.82 Å². The predicted molar refractivity (Wildman–Crippen MR) is 77.8 cm³/mol. The van der Waals surface area contributed by atoms with Crippen LogP contribution in [0.1, 0.15) is 37.9 Å². The van der Waals surface area contributed by atoms with Gasteiger partial charge < -0.3 is 9.30 Å². The van der Waals surface area contributed by atoms with Crippen LogP contribution in [0.4, 0.5) is 0 Å². The van der Waals surface area contributed by atoms with Crippen molar-refractivity contribution in [3.05, 3.63) is 10.6 Å². The average molecular weight is 284 g/mol. The van der Waals surface area contributed by atoms with E-state index in [0.29, 0.717) is 5.92 Å². The van der Waals surface area contributed by atoms with E-state index in [9.17, 15) is 0 Å². The Morgan fingerprint density at radius 2 is 2.21 bits per heavy atom. The largest absolute Gasteiger partial charge is 0.385 e. The number of ether oxygens (including phenoxy) is 1. The van der Waals surface area contributed by atoms with Crippen LogP contribution in [0.5, 0.6) is 0 Å². The Balaban J connectivity index is 2.01. The van der Waals surface area contributed by atoms with Crippen LogP contribution in [-0.4, -0.2) is 46.6 Å². The van der Waals surface area contributed by atoms with Crippen molar-refractivity contribution in [3.8, 4) is 0 Å². The molecule has 19 heavy (non-hydrogen) atoms. The Morgan fingerprint density at radius 1 is 1.47 bits per heavy atom. The van der Waals surface area contributed by atoms with E-state index in [0.717, 1.165) is 37.6 Å². The summed E-state index contributed by atoms with van der Waals surface area (Å²) < 4.78 is 10.1. The fraction of sp³-hybridized carbons (Fsp3) is 0.846. The molecule has 0 saturated heterocycles. The van der Waals surface area contributed by atoms with Crippen LogP contribution < -0.4 is 0 Å². The molecular weight excluding hydrogens is 260 g/mol. The maximum atomic E-state index is 5.52. The molecule has 0 amide bonds. The second kappa shape index (κ2) is 6.63. The summed E-state index contributed by atoms with van der Waals surface area (Å²) in [7, 11) is 3.83. The minimum atomic E-state index is 0.640. The van der Waals surface area contributed by atoms with E-state index in [2.05, 4.69) is 23.4 Å². The zero-order valence-corrected chi connectivity index (χ0v) is 12.9. The number of methoxy groups -OCH3 is 1. The third-order valence-electron chi connectivity index (χ3n) is 3.47. The van der Waals surface area contributed by atoms with Crippen molar-refractivity contribution in [2.75, 3.05) is 27.3 Å². The van der Waals surface area contributed by atoms with Gasteiger partial charge in [0.05, 0.1) is 6.67 Å². The second-order valence-electron chi connectivity index (χ2n) is 5.23. The smallest absolute Gasteiger partial charge is 0.199 e. The number of rotatable bonds is 8. The molecule has 6 heteroatoms. The molecule has 108 valence electrons. The molecular formula is C13H24N4OS. The van der Waals surface area contributed by atoms with Gasteiger partial charge in [-0.1, -0.05) is 0 Å². The molecule has 0 aliphatic heterocycles. The monoisotopic (exact) mass is 284 g/mol. The maximum absolute atomic E-state index is 5.52. The molecule has 0 spiro atoms. The van der Waals surface area contributed by atoms with Gasteiger partial charge in [-0.2, -0.15) is 5.10 Å². The lowest BCUT2D eigenvalue weighted by Gasteiger charge is -2.15. The van der Waals surface area contributed by atoms with E-state index in [1.807, 2.05) is 4.68 Å². The van der Waals surface area contributed by atoms with Crippen LogP contribution >= 0.6 is 12.2 Å². The normalized spacial score (nSPS) is 15.4. The molecule has 2 rings (SSSR count). The number of hydrogen-bond donors (Lipinski definition) is 0. The molecule has 1 aliphatic rings. The number of hydrogen-bond acceptors (Lipinski definition) is 4. The van der Waals surface area contributed by atoms with Gasteiger partial charge in [0.2, 0.25) is 0 Å². The van der Waals surface area contributed by atoms with Gasteiger partial charge in [0, 0.05) is 32.7 Å². The summed E-state index contributed by atoms with van der Waals surface area (Å²) in [6.07, 6.45) is 3.55. The van der Waals surface area contributed by atoms with Crippen molar-refractivity contribution in [3.63, 3.8) is 0 Å². The standard InChI is InChI=1S/C13H24N4OS/c1-4-16-12(11-6-7-11)14-17(13(16)19)10-15(2)8-5-9-18-3/h11H,4-10H2,1-3H3. The highest BCUT2D eigenvalue weighted by molar-refractivity contribution is 7.71. The van der Waals surface area contributed by atoms with Crippen LogP contribution in [0.15, 0.2) is 0 Å². The van der Waals surface area contributed by atoms with Crippen molar-refractivity contribution in [2.45, 2.75) is 45.3 Å². The van der Waals surface area contributed by atoms with E-state index in [1.54, 1.807) is 7.11 Å². The first kappa shape index (κ1) is 14.7. The lowest BCUT2D eigenvalue weighted by Crippen LogP contribution is -2.24. The Kier molecular flexibility index (Phi) is 5.13. The predicted octanol–water partition coefficient (Wildman–Crippen LogP) is 2.24. The molecule has 0 bridgehead atoms. The van der Waals surface area contributed by atoms with E-state index in [1.165, 1.54) is 18.7 Å². The first-order chi connectivity index (χ1) is 9.17. The molecule has 1 heterocycles. The van der Waals surface area contributed by atoms with Crippen molar-refractivity contribution >= 4 is 12.2 Å². The van der Waals surface area contributed by atoms with E-state index < -0.39 is 0 Å². The van der Waals surface area contributed by atoms with E-state index >= 15 is 0 Å². The minimum absolute atomic E-state index is 0.640. The molecule has 0 radical (unpaired) electrons. The van der Waals surface area contributed by atoms with Gasteiger partial charge in [-0.25, -0.2) is 4.68 Å². The summed E-state index contributed by atoms with van der Waals surface area (Å²) in [6.45, 7) is 5.60. The number of aromatic nitrogens is 3. The van der Waals surface area contributed by atoms with Gasteiger partial charge in [0.15, 0.2) is 4.77 Å². The first-order valence-electron chi connectivity index (χ1n) is 7.02. The van der Waals surface area contributed by atoms with Gasteiger partial charge in [0.25, 0.3) is 0 Å². The van der Waals surface area contributed by atoms with Crippen LogP contribution in [0.25, 0.3) is 0 Å². The lowest BCUT2D eigenvalue weighted by molar-refractivity contribution is 0.168. The molecule has 0 atom stereocenters. The highest BCUT2D eigenvalue weighted by Gasteiger charge is 2.29. The van der Waals surface area contributed by atoms with Gasteiger partial charge in [-0.15, -0.1) is 0 Å². The fourth-order valence-corrected chi connectivity index (χ4v) is 2.59. The molecule has 5 nitrogen and oxygen atoms in total. The van der Waals surface area contributed by atoms with Crippen molar-refractivity contribution in [2.24, 2.45) is 0 Å². The second-order valence-corrected chi connectivity index (χ2v) is 5.59. The van der Waals surface area contributed by atoms with Crippen LogP contribution in [0.2, 0.25) is 0 Å². The summed E-state index contributed by atoms with van der Waals surface area (Å²) in [6, 6.07) is 0. The summed E-state index contributed by atoms with van der Waals surface area (Å²) in [4.78, 5) is 2.23. The van der Waals surface area contributed by atoms with Gasteiger partial charge in [-0.3, -0.25) is 4.90 Å². The lowest BCUT2D eigenvalue weighted by atomic mass is 10.4. The molecule has 0 unspecified atom stereocenters. The molecule has 0 aromatic carbocycles. The summed E-state index contributed by atoms with van der Waals surface area (Å²) >= 11 is 5.52. The van der Waals surface area contributed by atoms with Crippen LogP contribution in [0.3, 0.4) is 0 Å². The van der Waals surface area contributed by atoms with Crippen LogP contribution in [0, 0.1) is 4.77 Å². The molecule has 1 aromatic rings. The van der Waals surface area contributed by atoms with Crippen molar-refractivity contribution in [1.29, 1.82) is 0 Å². The van der Waals surface area contributed by atoms with Gasteiger partial charge >= 0.3 is 0 Å². The van der Waals surface area contributed by atoms with Crippen LogP contribution in [-0.2, 0) is 18.0 Å². The zero-order valence-electron chi connectivity index (χ0n) is 12.1. The Hall–Kier alpha value is -0.720. The minimum Gasteiger partial charge on any atom is -0.385 e. The zero-order chi connectivity index (χ0) is 13.8. The molecule has 1 fully saturated rings. The third-order valence-corrected chi connectivity index (χ3v) is 3.90. The average Bonchev–Trinajstić information content (AvgIpc) is 3.17. The van der Waals surface area contributed by atoms with E-state index in [-0.39, 0.29) is 0 Å². The summed E-state index contributed by atoms with van der Waals surface area (Å²) in [5.41, 5.74) is 0. The number of nitrogens with zero attached hydrogens (tertiary/aromatic N) is 4. The Bertz CT molecular complexity index is 464.